The van der Waals surface area contributed by atoms with Crippen LogP contribution in [-0.2, 0) is 0 Å². The summed E-state index contributed by atoms with van der Waals surface area (Å²) in [5.41, 5.74) is 0. The topological polar surface area (TPSA) is 12.0 Å². The normalized spacial score (nSPS) is 9.88. The maximum atomic E-state index is 3.43. The zero-order chi connectivity index (χ0) is 11.9. The van der Waals surface area contributed by atoms with Crippen molar-refractivity contribution in [2.24, 2.45) is 0 Å². The van der Waals surface area contributed by atoms with Crippen LogP contribution in [0.5, 0.6) is 0 Å². The van der Waals surface area contributed by atoms with Gasteiger partial charge in [-0.1, -0.05) is 51.9 Å². The molecule has 0 fully saturated rings. The summed E-state index contributed by atoms with van der Waals surface area (Å²) in [6.07, 6.45) is 12.2. The fourth-order valence-corrected chi connectivity index (χ4v) is 1.78. The van der Waals surface area contributed by atoms with Crippen LogP contribution >= 0.6 is 0 Å². The Morgan fingerprint density at radius 3 is 2.06 bits per heavy atom. The molecular formula is C15H29N. The molecule has 0 spiro atoms. The number of hydrogen-bond donors (Lipinski definition) is 1. The van der Waals surface area contributed by atoms with Gasteiger partial charge >= 0.3 is 0 Å². The minimum atomic E-state index is 0.994. The van der Waals surface area contributed by atoms with Crippen LogP contribution in [0.3, 0.4) is 0 Å². The quantitative estimate of drug-likeness (QED) is 0.410. The van der Waals surface area contributed by atoms with Crippen molar-refractivity contribution in [2.75, 3.05) is 13.1 Å². The van der Waals surface area contributed by atoms with Crippen LogP contribution in [0.2, 0.25) is 0 Å². The molecule has 0 aromatic rings. The van der Waals surface area contributed by atoms with Crippen molar-refractivity contribution in [1.82, 2.24) is 5.32 Å². The zero-order valence-electron chi connectivity index (χ0n) is 11.3. The zero-order valence-corrected chi connectivity index (χ0v) is 11.3. The fourth-order valence-electron chi connectivity index (χ4n) is 1.78. The molecule has 0 radical (unpaired) electrons. The number of nitrogens with one attached hydrogen (secondary N) is 1. The van der Waals surface area contributed by atoms with Crippen molar-refractivity contribution in [3.63, 3.8) is 0 Å². The third-order valence-electron chi connectivity index (χ3n) is 2.81. The predicted octanol–water partition coefficient (Wildman–Crippen LogP) is 4.13. The Morgan fingerprint density at radius 1 is 0.812 bits per heavy atom. The minimum Gasteiger partial charge on any atom is -0.316 e. The van der Waals surface area contributed by atoms with Crippen molar-refractivity contribution in [3.8, 4) is 11.8 Å². The van der Waals surface area contributed by atoms with E-state index < -0.39 is 0 Å². The van der Waals surface area contributed by atoms with Gasteiger partial charge in [-0.25, -0.2) is 0 Å². The maximum absolute atomic E-state index is 3.43. The SMILES string of the molecule is CC#CCCNCCCCCCCCCC. The summed E-state index contributed by atoms with van der Waals surface area (Å²) in [5.74, 6) is 5.98. The Hall–Kier alpha value is -0.480. The minimum absolute atomic E-state index is 0.994. The molecule has 0 bridgehead atoms. The molecule has 0 atom stereocenters. The second kappa shape index (κ2) is 14.5. The van der Waals surface area contributed by atoms with E-state index in [1.54, 1.807) is 0 Å². The molecular weight excluding hydrogens is 194 g/mol. The summed E-state index contributed by atoms with van der Waals surface area (Å²) >= 11 is 0. The second-order valence-corrected chi connectivity index (χ2v) is 4.40. The molecule has 0 rings (SSSR count). The molecule has 0 aromatic heterocycles. The van der Waals surface area contributed by atoms with E-state index in [0.717, 1.165) is 13.0 Å². The molecule has 0 aliphatic heterocycles. The highest BCUT2D eigenvalue weighted by atomic mass is 14.8. The molecule has 0 amide bonds. The van der Waals surface area contributed by atoms with Gasteiger partial charge in [-0.15, -0.1) is 11.8 Å². The lowest BCUT2D eigenvalue weighted by molar-refractivity contribution is 0.557. The summed E-state index contributed by atoms with van der Waals surface area (Å²) in [6, 6.07) is 0. The first kappa shape index (κ1) is 15.5. The van der Waals surface area contributed by atoms with Gasteiger partial charge in [0.15, 0.2) is 0 Å². The number of hydrogen-bond acceptors (Lipinski definition) is 1. The molecule has 1 N–H and O–H groups in total. The Bertz CT molecular complexity index is 176. The Labute approximate surface area is 102 Å². The molecule has 0 saturated heterocycles. The summed E-state index contributed by atoms with van der Waals surface area (Å²) in [5, 5.41) is 3.43. The third kappa shape index (κ3) is 13.5. The van der Waals surface area contributed by atoms with E-state index in [4.69, 9.17) is 0 Å². The lowest BCUT2D eigenvalue weighted by atomic mass is 10.1. The second-order valence-electron chi connectivity index (χ2n) is 4.40. The average Bonchev–Trinajstić information content (AvgIpc) is 2.31. The summed E-state index contributed by atoms with van der Waals surface area (Å²) in [7, 11) is 0. The van der Waals surface area contributed by atoms with Crippen molar-refractivity contribution in [1.29, 1.82) is 0 Å². The number of unbranched alkanes of at least 4 members (excludes halogenated alkanes) is 7. The van der Waals surface area contributed by atoms with Crippen molar-refractivity contribution >= 4 is 0 Å². The van der Waals surface area contributed by atoms with E-state index >= 15 is 0 Å². The smallest absolute Gasteiger partial charge is 0.0214 e. The highest BCUT2D eigenvalue weighted by Gasteiger charge is 1.91. The van der Waals surface area contributed by atoms with E-state index in [1.165, 1.54) is 57.9 Å². The van der Waals surface area contributed by atoms with E-state index in [9.17, 15) is 0 Å². The summed E-state index contributed by atoms with van der Waals surface area (Å²) in [4.78, 5) is 0. The van der Waals surface area contributed by atoms with E-state index in [0.29, 0.717) is 0 Å². The van der Waals surface area contributed by atoms with E-state index in [1.807, 2.05) is 6.92 Å². The molecule has 0 saturated carbocycles. The first-order valence-electron chi connectivity index (χ1n) is 7.02. The van der Waals surface area contributed by atoms with Crippen LogP contribution in [0.1, 0.15) is 71.6 Å². The lowest BCUT2D eigenvalue weighted by Crippen LogP contribution is -2.16. The van der Waals surface area contributed by atoms with Crippen LogP contribution in [-0.4, -0.2) is 13.1 Å². The van der Waals surface area contributed by atoms with Crippen molar-refractivity contribution < 1.29 is 0 Å². The molecule has 94 valence electrons. The lowest BCUT2D eigenvalue weighted by Gasteiger charge is -2.03. The van der Waals surface area contributed by atoms with Crippen LogP contribution in [0, 0.1) is 11.8 Å². The monoisotopic (exact) mass is 223 g/mol. The molecule has 0 unspecified atom stereocenters. The van der Waals surface area contributed by atoms with Crippen LogP contribution in [0.15, 0.2) is 0 Å². The molecule has 0 heterocycles. The van der Waals surface area contributed by atoms with E-state index in [-0.39, 0.29) is 0 Å². The largest absolute Gasteiger partial charge is 0.316 e. The van der Waals surface area contributed by atoms with Gasteiger partial charge in [-0.2, -0.15) is 0 Å². The average molecular weight is 223 g/mol. The molecule has 16 heavy (non-hydrogen) atoms. The van der Waals surface area contributed by atoms with Crippen LogP contribution < -0.4 is 5.32 Å². The Kier molecular flexibility index (Phi) is 14.1. The van der Waals surface area contributed by atoms with Gasteiger partial charge < -0.3 is 5.32 Å². The van der Waals surface area contributed by atoms with Crippen molar-refractivity contribution in [2.45, 2.75) is 71.6 Å². The van der Waals surface area contributed by atoms with Gasteiger partial charge in [-0.05, 0) is 19.9 Å². The summed E-state index contributed by atoms with van der Waals surface area (Å²) in [6.45, 7) is 6.39. The molecule has 0 aliphatic rings. The van der Waals surface area contributed by atoms with Gasteiger partial charge in [0.2, 0.25) is 0 Å². The predicted molar refractivity (Wildman–Crippen MR) is 73.5 cm³/mol. The molecule has 0 aliphatic carbocycles. The van der Waals surface area contributed by atoms with Gasteiger partial charge in [0.05, 0.1) is 0 Å². The van der Waals surface area contributed by atoms with Gasteiger partial charge in [0.25, 0.3) is 0 Å². The molecule has 1 heteroatoms. The van der Waals surface area contributed by atoms with Crippen LogP contribution in [0.4, 0.5) is 0 Å². The molecule has 0 aromatic carbocycles. The Morgan fingerprint density at radius 2 is 1.44 bits per heavy atom. The highest BCUT2D eigenvalue weighted by molar-refractivity contribution is 4.94. The summed E-state index contributed by atoms with van der Waals surface area (Å²) < 4.78 is 0. The maximum Gasteiger partial charge on any atom is 0.0214 e. The highest BCUT2D eigenvalue weighted by Crippen LogP contribution is 2.07. The number of rotatable bonds is 11. The van der Waals surface area contributed by atoms with Gasteiger partial charge in [-0.3, -0.25) is 0 Å². The van der Waals surface area contributed by atoms with Crippen LogP contribution in [0.25, 0.3) is 0 Å². The first-order chi connectivity index (χ1) is 7.91. The van der Waals surface area contributed by atoms with Gasteiger partial charge in [0, 0.05) is 13.0 Å². The van der Waals surface area contributed by atoms with Crippen molar-refractivity contribution in [3.05, 3.63) is 0 Å². The molecule has 1 nitrogen and oxygen atoms in total. The standard InChI is InChI=1S/C15H29N/c1-3-5-7-8-9-10-11-13-15-16-14-12-6-4-2/h16H,3,5,7-15H2,1-2H3. The van der Waals surface area contributed by atoms with Gasteiger partial charge in [0.1, 0.15) is 0 Å². The third-order valence-corrected chi connectivity index (χ3v) is 2.81. The van der Waals surface area contributed by atoms with E-state index in [2.05, 4.69) is 24.1 Å². The fraction of sp³-hybridized carbons (Fsp3) is 0.867. The Balaban J connectivity index is 2.89. The first-order valence-corrected chi connectivity index (χ1v) is 7.02.